The number of carboxylic acids is 1. The van der Waals surface area contributed by atoms with Gasteiger partial charge in [0.1, 0.15) is 5.54 Å². The summed E-state index contributed by atoms with van der Waals surface area (Å²) in [5, 5.41) is 15.1. The first kappa shape index (κ1) is 17.8. The first-order valence-corrected chi connectivity index (χ1v) is 8.18. The van der Waals surface area contributed by atoms with Crippen molar-refractivity contribution in [2.75, 3.05) is 0 Å². The van der Waals surface area contributed by atoms with Crippen molar-refractivity contribution in [1.29, 1.82) is 0 Å². The second-order valence-electron chi connectivity index (χ2n) is 6.77. The van der Waals surface area contributed by atoms with Crippen LogP contribution in [-0.4, -0.2) is 28.7 Å². The predicted octanol–water partition coefficient (Wildman–Crippen LogP) is 3.29. The second kappa shape index (κ2) is 8.25. The number of hydrogen-bond acceptors (Lipinski definition) is 2. The van der Waals surface area contributed by atoms with Crippen LogP contribution < -0.4 is 10.6 Å². The Morgan fingerprint density at radius 3 is 2.10 bits per heavy atom. The van der Waals surface area contributed by atoms with Gasteiger partial charge in [-0.3, -0.25) is 0 Å². The fraction of sp³-hybridized carbons (Fsp3) is 0.875. The van der Waals surface area contributed by atoms with Crippen LogP contribution in [0.15, 0.2) is 0 Å². The molecule has 0 radical (unpaired) electrons. The molecule has 0 spiro atoms. The molecule has 1 saturated carbocycles. The summed E-state index contributed by atoms with van der Waals surface area (Å²) in [6.45, 7) is 6.26. The minimum atomic E-state index is -1.08. The predicted molar refractivity (Wildman–Crippen MR) is 83.3 cm³/mol. The lowest BCUT2D eigenvalue weighted by molar-refractivity contribution is -0.145. The highest BCUT2D eigenvalue weighted by Crippen LogP contribution is 2.27. The van der Waals surface area contributed by atoms with Crippen LogP contribution in [0, 0.1) is 5.92 Å². The van der Waals surface area contributed by atoms with E-state index in [4.69, 9.17) is 0 Å². The number of urea groups is 1. The molecule has 2 amide bonds. The van der Waals surface area contributed by atoms with Crippen molar-refractivity contribution in [3.63, 3.8) is 0 Å². The molecule has 3 N–H and O–H groups in total. The average molecular weight is 298 g/mol. The van der Waals surface area contributed by atoms with Gasteiger partial charge in [0.25, 0.3) is 0 Å². The Labute approximate surface area is 127 Å². The van der Waals surface area contributed by atoms with Gasteiger partial charge in [-0.05, 0) is 38.5 Å². The molecule has 122 valence electrons. The van der Waals surface area contributed by atoms with E-state index in [1.54, 1.807) is 0 Å². The van der Waals surface area contributed by atoms with Crippen LogP contribution in [-0.2, 0) is 4.79 Å². The Kier molecular flexibility index (Phi) is 6.99. The smallest absolute Gasteiger partial charge is 0.329 e. The molecule has 1 atom stereocenters. The van der Waals surface area contributed by atoms with Gasteiger partial charge in [-0.2, -0.15) is 0 Å². The van der Waals surface area contributed by atoms with E-state index in [9.17, 15) is 14.7 Å². The summed E-state index contributed by atoms with van der Waals surface area (Å²) in [6, 6.07) is -0.292. The fourth-order valence-corrected chi connectivity index (χ4v) is 2.86. The van der Waals surface area contributed by atoms with Gasteiger partial charge in [0.2, 0.25) is 0 Å². The van der Waals surface area contributed by atoms with Crippen LogP contribution in [0.5, 0.6) is 0 Å². The molecule has 1 fully saturated rings. The molecule has 1 aliphatic carbocycles. The van der Waals surface area contributed by atoms with Gasteiger partial charge in [-0.1, -0.05) is 39.5 Å². The van der Waals surface area contributed by atoms with Crippen molar-refractivity contribution in [2.24, 2.45) is 5.92 Å². The second-order valence-corrected chi connectivity index (χ2v) is 6.77. The highest BCUT2D eigenvalue weighted by atomic mass is 16.4. The lowest BCUT2D eigenvalue weighted by atomic mass is 9.90. The third-order valence-electron chi connectivity index (χ3n) is 4.27. The molecule has 5 heteroatoms. The van der Waals surface area contributed by atoms with Gasteiger partial charge in [0, 0.05) is 6.04 Å². The summed E-state index contributed by atoms with van der Waals surface area (Å²) in [5.41, 5.74) is -1.08. The number of carbonyl (C=O) groups excluding carboxylic acids is 1. The maximum atomic E-state index is 12.1. The summed E-state index contributed by atoms with van der Waals surface area (Å²) in [6.07, 6.45) is 6.81. The summed E-state index contributed by atoms with van der Waals surface area (Å²) < 4.78 is 0. The fourth-order valence-electron chi connectivity index (χ4n) is 2.86. The molecule has 0 aromatic heterocycles. The molecule has 5 nitrogen and oxygen atoms in total. The zero-order chi connectivity index (χ0) is 15.9. The topological polar surface area (TPSA) is 78.4 Å². The van der Waals surface area contributed by atoms with Crippen LogP contribution in [0.2, 0.25) is 0 Å². The molecular formula is C16H30N2O3. The molecule has 0 bridgehead atoms. The molecule has 1 unspecified atom stereocenters. The Morgan fingerprint density at radius 2 is 1.62 bits per heavy atom. The quantitative estimate of drug-likeness (QED) is 0.658. The summed E-state index contributed by atoms with van der Waals surface area (Å²) in [5.74, 6) is -0.307. The number of nitrogens with one attached hydrogen (secondary N) is 2. The molecule has 0 saturated heterocycles. The Hall–Kier alpha value is -1.26. The Bertz CT molecular complexity index is 347. The lowest BCUT2D eigenvalue weighted by Gasteiger charge is -2.30. The number of carboxylic acid groups (broad SMARTS) is 1. The van der Waals surface area contributed by atoms with Crippen molar-refractivity contribution >= 4 is 12.0 Å². The van der Waals surface area contributed by atoms with Gasteiger partial charge >= 0.3 is 12.0 Å². The zero-order valence-electron chi connectivity index (χ0n) is 13.6. The van der Waals surface area contributed by atoms with Crippen LogP contribution >= 0.6 is 0 Å². The molecule has 21 heavy (non-hydrogen) atoms. The number of amides is 2. The van der Waals surface area contributed by atoms with Crippen molar-refractivity contribution in [3.05, 3.63) is 0 Å². The van der Waals surface area contributed by atoms with E-state index in [0.717, 1.165) is 38.5 Å². The number of rotatable bonds is 6. The van der Waals surface area contributed by atoms with Gasteiger partial charge < -0.3 is 15.7 Å². The molecular weight excluding hydrogens is 268 g/mol. The third-order valence-corrected chi connectivity index (χ3v) is 4.27. The number of aliphatic carboxylic acids is 1. The maximum Gasteiger partial charge on any atom is 0.329 e. The van der Waals surface area contributed by atoms with Crippen LogP contribution in [0.25, 0.3) is 0 Å². The van der Waals surface area contributed by atoms with Gasteiger partial charge in [-0.25, -0.2) is 9.59 Å². The van der Waals surface area contributed by atoms with E-state index in [0.29, 0.717) is 18.8 Å². The first-order valence-electron chi connectivity index (χ1n) is 8.18. The third kappa shape index (κ3) is 5.94. The highest BCUT2D eigenvalue weighted by molar-refractivity contribution is 5.86. The normalized spacial score (nSPS) is 19.6. The van der Waals surface area contributed by atoms with Crippen molar-refractivity contribution in [1.82, 2.24) is 10.6 Å². The van der Waals surface area contributed by atoms with Crippen molar-refractivity contribution < 1.29 is 14.7 Å². The van der Waals surface area contributed by atoms with Crippen molar-refractivity contribution in [2.45, 2.75) is 83.7 Å². The molecule has 0 aliphatic heterocycles. The minimum Gasteiger partial charge on any atom is -0.480 e. The zero-order valence-corrected chi connectivity index (χ0v) is 13.6. The van der Waals surface area contributed by atoms with E-state index >= 15 is 0 Å². The van der Waals surface area contributed by atoms with E-state index in [1.807, 2.05) is 6.92 Å². The minimum absolute atomic E-state index is 0.0593. The first-order chi connectivity index (χ1) is 9.85. The van der Waals surface area contributed by atoms with E-state index in [1.165, 1.54) is 0 Å². The molecule has 1 aliphatic rings. The SMILES string of the molecule is CC(C)CCC(C)NC(=O)NC1(C(=O)O)CCCCCC1. The van der Waals surface area contributed by atoms with Crippen LogP contribution in [0.4, 0.5) is 4.79 Å². The Balaban J connectivity index is 2.54. The van der Waals surface area contributed by atoms with E-state index in [2.05, 4.69) is 24.5 Å². The lowest BCUT2D eigenvalue weighted by Crippen LogP contribution is -2.57. The van der Waals surface area contributed by atoms with Gasteiger partial charge in [0.05, 0.1) is 0 Å². The largest absolute Gasteiger partial charge is 0.480 e. The summed E-state index contributed by atoms with van der Waals surface area (Å²) in [7, 11) is 0. The van der Waals surface area contributed by atoms with Crippen molar-refractivity contribution in [3.8, 4) is 0 Å². The maximum absolute atomic E-state index is 12.1. The number of carbonyl (C=O) groups is 2. The van der Waals surface area contributed by atoms with Crippen LogP contribution in [0.3, 0.4) is 0 Å². The molecule has 0 aromatic rings. The van der Waals surface area contributed by atoms with Crippen LogP contribution in [0.1, 0.15) is 72.1 Å². The van der Waals surface area contributed by atoms with E-state index in [-0.39, 0.29) is 12.1 Å². The number of hydrogen-bond donors (Lipinski definition) is 3. The standard InChI is InChI=1S/C16H30N2O3/c1-12(2)8-9-13(3)17-15(21)18-16(14(19)20)10-6-4-5-7-11-16/h12-13H,4-11H2,1-3H3,(H,19,20)(H2,17,18,21). The summed E-state index contributed by atoms with van der Waals surface area (Å²) in [4.78, 5) is 23.7. The van der Waals surface area contributed by atoms with Gasteiger partial charge in [0.15, 0.2) is 0 Å². The monoisotopic (exact) mass is 298 g/mol. The molecule has 0 heterocycles. The Morgan fingerprint density at radius 1 is 1.05 bits per heavy atom. The molecule has 0 aromatic carbocycles. The highest BCUT2D eigenvalue weighted by Gasteiger charge is 2.40. The molecule has 1 rings (SSSR count). The summed E-state index contributed by atoms with van der Waals surface area (Å²) >= 11 is 0. The van der Waals surface area contributed by atoms with Gasteiger partial charge in [-0.15, -0.1) is 0 Å². The average Bonchev–Trinajstić information content (AvgIpc) is 2.62. The van der Waals surface area contributed by atoms with E-state index < -0.39 is 11.5 Å².